The van der Waals surface area contributed by atoms with E-state index in [1.165, 1.54) is 89.9 Å². The van der Waals surface area contributed by atoms with Crippen molar-refractivity contribution in [2.45, 2.75) is 89.9 Å². The lowest BCUT2D eigenvalue weighted by Gasteiger charge is -2.09. The fourth-order valence-electron chi connectivity index (χ4n) is 3.97. The maximum Gasteiger partial charge on any atom is 0.0466 e. The van der Waals surface area contributed by atoms with Crippen LogP contribution in [0.3, 0.4) is 0 Å². The molecule has 0 heterocycles. The van der Waals surface area contributed by atoms with Crippen LogP contribution in [-0.2, 0) is 4.74 Å². The van der Waals surface area contributed by atoms with Crippen LogP contribution in [0.4, 0.5) is 0 Å². The average Bonchev–Trinajstić information content (AvgIpc) is 3.10. The molecule has 0 radical (unpaired) electrons. The minimum Gasteiger partial charge on any atom is -0.381 e. The lowest BCUT2D eigenvalue weighted by atomic mass is 10.0. The van der Waals surface area contributed by atoms with E-state index in [9.17, 15) is 0 Å². The van der Waals surface area contributed by atoms with Gasteiger partial charge >= 0.3 is 0 Å². The summed E-state index contributed by atoms with van der Waals surface area (Å²) in [6, 6.07) is 0. The quantitative estimate of drug-likeness (QED) is 0.459. The van der Waals surface area contributed by atoms with E-state index >= 15 is 0 Å². The number of ether oxygens (including phenoxy) is 1. The number of rotatable bonds is 10. The van der Waals surface area contributed by atoms with Gasteiger partial charge in [-0.25, -0.2) is 0 Å². The van der Waals surface area contributed by atoms with Crippen molar-refractivity contribution in [1.29, 1.82) is 0 Å². The summed E-state index contributed by atoms with van der Waals surface area (Å²) in [7, 11) is 0. The Morgan fingerprint density at radius 2 is 1.00 bits per heavy atom. The van der Waals surface area contributed by atoms with Gasteiger partial charge in [-0.05, 0) is 24.7 Å². The zero-order valence-electron chi connectivity index (χ0n) is 12.9. The Kier molecular flexibility index (Phi) is 7.92. The van der Waals surface area contributed by atoms with E-state index in [0.29, 0.717) is 0 Å². The SMILES string of the molecule is C(CCC1CCCC1)COCCCCC1CCCC1. The largest absolute Gasteiger partial charge is 0.381 e. The topological polar surface area (TPSA) is 9.23 Å². The van der Waals surface area contributed by atoms with Gasteiger partial charge in [-0.1, -0.05) is 77.0 Å². The number of hydrogen-bond donors (Lipinski definition) is 0. The maximum absolute atomic E-state index is 5.76. The van der Waals surface area contributed by atoms with Gasteiger partial charge in [0.05, 0.1) is 0 Å². The zero-order chi connectivity index (χ0) is 13.2. The van der Waals surface area contributed by atoms with Crippen LogP contribution in [0.25, 0.3) is 0 Å². The first-order chi connectivity index (χ1) is 9.45. The Balaban J connectivity index is 1.28. The van der Waals surface area contributed by atoms with Crippen LogP contribution in [0.1, 0.15) is 89.9 Å². The van der Waals surface area contributed by atoms with Crippen LogP contribution in [-0.4, -0.2) is 13.2 Å². The van der Waals surface area contributed by atoms with E-state index in [1.54, 1.807) is 0 Å². The van der Waals surface area contributed by atoms with Crippen molar-refractivity contribution in [3.63, 3.8) is 0 Å². The van der Waals surface area contributed by atoms with Gasteiger partial charge in [0.15, 0.2) is 0 Å². The molecule has 0 aliphatic heterocycles. The predicted octanol–water partition coefficient (Wildman–Crippen LogP) is 5.72. The molecule has 0 unspecified atom stereocenters. The molecule has 1 heteroatoms. The molecule has 0 atom stereocenters. The van der Waals surface area contributed by atoms with Gasteiger partial charge in [-0.3, -0.25) is 0 Å². The minimum absolute atomic E-state index is 1.01. The minimum atomic E-state index is 1.01. The van der Waals surface area contributed by atoms with Gasteiger partial charge < -0.3 is 4.74 Å². The first-order valence-electron chi connectivity index (χ1n) is 9.03. The summed E-state index contributed by atoms with van der Waals surface area (Å²) in [5.41, 5.74) is 0. The van der Waals surface area contributed by atoms with Gasteiger partial charge in [-0.15, -0.1) is 0 Å². The van der Waals surface area contributed by atoms with Crippen molar-refractivity contribution >= 4 is 0 Å². The third kappa shape index (κ3) is 6.79. The Hall–Kier alpha value is -0.0400. The van der Waals surface area contributed by atoms with Crippen LogP contribution in [0.5, 0.6) is 0 Å². The zero-order valence-corrected chi connectivity index (χ0v) is 12.9. The fraction of sp³-hybridized carbons (Fsp3) is 1.00. The van der Waals surface area contributed by atoms with Crippen molar-refractivity contribution < 1.29 is 4.74 Å². The Morgan fingerprint density at radius 3 is 1.42 bits per heavy atom. The molecule has 2 rings (SSSR count). The third-order valence-corrected chi connectivity index (χ3v) is 5.25. The van der Waals surface area contributed by atoms with E-state index < -0.39 is 0 Å². The van der Waals surface area contributed by atoms with Gasteiger partial charge in [0.1, 0.15) is 0 Å². The van der Waals surface area contributed by atoms with Crippen molar-refractivity contribution in [2.75, 3.05) is 13.2 Å². The molecule has 1 nitrogen and oxygen atoms in total. The predicted molar refractivity (Wildman–Crippen MR) is 82.4 cm³/mol. The molecule has 112 valence electrons. The highest BCUT2D eigenvalue weighted by molar-refractivity contribution is 4.67. The highest BCUT2D eigenvalue weighted by Crippen LogP contribution is 2.29. The van der Waals surface area contributed by atoms with Crippen molar-refractivity contribution in [1.82, 2.24) is 0 Å². The van der Waals surface area contributed by atoms with Crippen molar-refractivity contribution in [3.05, 3.63) is 0 Å². The second kappa shape index (κ2) is 9.80. The summed E-state index contributed by atoms with van der Waals surface area (Å²) in [5, 5.41) is 0. The Bertz CT molecular complexity index is 180. The lowest BCUT2D eigenvalue weighted by Crippen LogP contribution is -2.00. The first kappa shape index (κ1) is 15.4. The third-order valence-electron chi connectivity index (χ3n) is 5.25. The molecule has 0 N–H and O–H groups in total. The molecule has 0 saturated heterocycles. The van der Waals surface area contributed by atoms with E-state index in [1.807, 2.05) is 0 Å². The van der Waals surface area contributed by atoms with Crippen LogP contribution >= 0.6 is 0 Å². The summed E-state index contributed by atoms with van der Waals surface area (Å²) < 4.78 is 5.76. The van der Waals surface area contributed by atoms with Gasteiger partial charge in [0.2, 0.25) is 0 Å². The Labute approximate surface area is 120 Å². The molecule has 2 aliphatic carbocycles. The van der Waals surface area contributed by atoms with E-state index in [-0.39, 0.29) is 0 Å². The molecule has 0 amide bonds. The fourth-order valence-corrected chi connectivity index (χ4v) is 3.97. The summed E-state index contributed by atoms with van der Waals surface area (Å²) in [4.78, 5) is 0. The second-order valence-electron chi connectivity index (χ2n) is 6.90. The van der Waals surface area contributed by atoms with Crippen LogP contribution in [0, 0.1) is 11.8 Å². The molecule has 2 aliphatic rings. The average molecular weight is 266 g/mol. The van der Waals surface area contributed by atoms with E-state index in [2.05, 4.69) is 0 Å². The van der Waals surface area contributed by atoms with Crippen LogP contribution in [0.15, 0.2) is 0 Å². The standard InChI is InChI=1S/C18H34O/c1-2-10-17(9-1)13-5-7-15-19-16-8-6-14-18-11-3-4-12-18/h17-18H,1-16H2. The van der Waals surface area contributed by atoms with Gasteiger partial charge in [0, 0.05) is 13.2 Å². The number of hydrogen-bond acceptors (Lipinski definition) is 1. The van der Waals surface area contributed by atoms with Crippen molar-refractivity contribution in [3.8, 4) is 0 Å². The monoisotopic (exact) mass is 266 g/mol. The molecule has 0 spiro atoms. The first-order valence-corrected chi connectivity index (χ1v) is 9.03. The smallest absolute Gasteiger partial charge is 0.0466 e. The molecule has 2 saturated carbocycles. The van der Waals surface area contributed by atoms with Crippen molar-refractivity contribution in [2.24, 2.45) is 11.8 Å². The normalized spacial score (nSPS) is 21.5. The van der Waals surface area contributed by atoms with Crippen LogP contribution < -0.4 is 0 Å². The second-order valence-corrected chi connectivity index (χ2v) is 6.90. The lowest BCUT2D eigenvalue weighted by molar-refractivity contribution is 0.124. The molecule has 0 aromatic carbocycles. The molecule has 0 bridgehead atoms. The summed E-state index contributed by atoms with van der Waals surface area (Å²) in [6.07, 6.45) is 20.3. The highest BCUT2D eigenvalue weighted by atomic mass is 16.5. The summed E-state index contributed by atoms with van der Waals surface area (Å²) in [5.74, 6) is 2.12. The molecule has 2 fully saturated rings. The van der Waals surface area contributed by atoms with E-state index in [0.717, 1.165) is 25.0 Å². The highest BCUT2D eigenvalue weighted by Gasteiger charge is 2.14. The number of unbranched alkanes of at least 4 members (excludes halogenated alkanes) is 2. The van der Waals surface area contributed by atoms with Crippen LogP contribution in [0.2, 0.25) is 0 Å². The molecule has 0 aromatic rings. The van der Waals surface area contributed by atoms with Gasteiger partial charge in [-0.2, -0.15) is 0 Å². The molecule has 0 aromatic heterocycles. The summed E-state index contributed by atoms with van der Waals surface area (Å²) >= 11 is 0. The Morgan fingerprint density at radius 1 is 0.579 bits per heavy atom. The molecular formula is C18H34O. The van der Waals surface area contributed by atoms with E-state index in [4.69, 9.17) is 4.74 Å². The van der Waals surface area contributed by atoms with Gasteiger partial charge in [0.25, 0.3) is 0 Å². The molecular weight excluding hydrogens is 232 g/mol. The maximum atomic E-state index is 5.76. The summed E-state index contributed by atoms with van der Waals surface area (Å²) in [6.45, 7) is 2.02. The molecule has 19 heavy (non-hydrogen) atoms.